The highest BCUT2D eigenvalue weighted by Crippen LogP contribution is 2.30. The number of hydrogen-bond acceptors (Lipinski definition) is 6. The van der Waals surface area contributed by atoms with E-state index >= 15 is 0 Å². The first-order valence-electron chi connectivity index (χ1n) is 8.87. The van der Waals surface area contributed by atoms with E-state index in [9.17, 15) is 9.59 Å². The molecule has 0 aliphatic rings. The van der Waals surface area contributed by atoms with E-state index in [-0.39, 0.29) is 11.7 Å². The van der Waals surface area contributed by atoms with Gasteiger partial charge in [0.05, 0.1) is 14.2 Å². The maximum absolute atomic E-state index is 12.6. The Morgan fingerprint density at radius 2 is 1.66 bits per heavy atom. The Kier molecular flexibility index (Phi) is 6.09. The number of nitrogens with zero attached hydrogens (tertiary/aromatic N) is 1. The van der Waals surface area contributed by atoms with Crippen LogP contribution in [-0.2, 0) is 0 Å². The van der Waals surface area contributed by atoms with Crippen LogP contribution >= 0.6 is 0 Å². The second-order valence-electron chi connectivity index (χ2n) is 6.22. The number of benzene rings is 2. The predicted molar refractivity (Wildman–Crippen MR) is 111 cm³/mol. The molecule has 29 heavy (non-hydrogen) atoms. The maximum Gasteiger partial charge on any atom is 0.255 e. The molecule has 0 unspecified atom stereocenters. The number of carbonyl (C=O) groups excluding carboxylic acids is 2. The number of methoxy groups -OCH3 is 2. The molecular formula is C22H21N3O4. The van der Waals surface area contributed by atoms with E-state index in [2.05, 4.69) is 15.6 Å². The number of amides is 1. The SMILES string of the molecule is COc1ccc(Nc2cc(C(=O)Nc3cccc(C(C)=O)c3)ccn2)cc1OC. The summed E-state index contributed by atoms with van der Waals surface area (Å²) in [4.78, 5) is 28.4. The quantitative estimate of drug-likeness (QED) is 0.584. The van der Waals surface area contributed by atoms with Crippen molar-refractivity contribution < 1.29 is 19.1 Å². The van der Waals surface area contributed by atoms with Crippen LogP contribution in [0.2, 0.25) is 0 Å². The predicted octanol–water partition coefficient (Wildman–Crippen LogP) is 4.30. The number of ether oxygens (including phenoxy) is 2. The van der Waals surface area contributed by atoms with Gasteiger partial charge in [-0.25, -0.2) is 4.98 Å². The summed E-state index contributed by atoms with van der Waals surface area (Å²) in [6.07, 6.45) is 1.55. The van der Waals surface area contributed by atoms with Crippen molar-refractivity contribution in [3.8, 4) is 11.5 Å². The van der Waals surface area contributed by atoms with Gasteiger partial charge in [0.15, 0.2) is 17.3 Å². The highest BCUT2D eigenvalue weighted by molar-refractivity contribution is 6.05. The first-order chi connectivity index (χ1) is 14.0. The summed E-state index contributed by atoms with van der Waals surface area (Å²) in [5.74, 6) is 1.33. The van der Waals surface area contributed by atoms with E-state index in [0.29, 0.717) is 34.1 Å². The largest absolute Gasteiger partial charge is 0.493 e. The number of rotatable bonds is 7. The molecule has 2 aromatic carbocycles. The number of pyridine rings is 1. The van der Waals surface area contributed by atoms with E-state index < -0.39 is 0 Å². The lowest BCUT2D eigenvalue weighted by atomic mass is 10.1. The zero-order valence-corrected chi connectivity index (χ0v) is 16.4. The summed E-state index contributed by atoms with van der Waals surface area (Å²) in [5.41, 5.74) is 2.25. The lowest BCUT2D eigenvalue weighted by molar-refractivity contribution is 0.101. The normalized spacial score (nSPS) is 10.2. The van der Waals surface area contributed by atoms with Gasteiger partial charge >= 0.3 is 0 Å². The molecule has 0 fully saturated rings. The summed E-state index contributed by atoms with van der Waals surface area (Å²) in [6.45, 7) is 1.48. The fourth-order valence-corrected chi connectivity index (χ4v) is 2.72. The van der Waals surface area contributed by atoms with Gasteiger partial charge in [0.25, 0.3) is 5.91 Å². The molecule has 0 aliphatic heterocycles. The topological polar surface area (TPSA) is 89.6 Å². The van der Waals surface area contributed by atoms with Gasteiger partial charge in [-0.2, -0.15) is 0 Å². The second kappa shape index (κ2) is 8.88. The maximum atomic E-state index is 12.6. The van der Waals surface area contributed by atoms with E-state index in [0.717, 1.165) is 5.69 Å². The lowest BCUT2D eigenvalue weighted by Crippen LogP contribution is -2.12. The summed E-state index contributed by atoms with van der Waals surface area (Å²) < 4.78 is 10.5. The van der Waals surface area contributed by atoms with E-state index in [1.807, 2.05) is 6.07 Å². The van der Waals surface area contributed by atoms with Crippen LogP contribution in [0.5, 0.6) is 11.5 Å². The minimum atomic E-state index is -0.302. The van der Waals surface area contributed by atoms with Crippen LogP contribution in [0.3, 0.4) is 0 Å². The Morgan fingerprint density at radius 1 is 0.862 bits per heavy atom. The molecule has 3 aromatic rings. The number of nitrogens with one attached hydrogen (secondary N) is 2. The van der Waals surface area contributed by atoms with Crippen LogP contribution in [0.25, 0.3) is 0 Å². The smallest absolute Gasteiger partial charge is 0.255 e. The van der Waals surface area contributed by atoms with Crippen molar-refractivity contribution in [1.29, 1.82) is 0 Å². The molecule has 0 aliphatic carbocycles. The number of hydrogen-bond donors (Lipinski definition) is 2. The molecule has 2 N–H and O–H groups in total. The van der Waals surface area contributed by atoms with Crippen molar-refractivity contribution >= 4 is 28.9 Å². The van der Waals surface area contributed by atoms with Crippen molar-refractivity contribution in [1.82, 2.24) is 4.98 Å². The summed E-state index contributed by atoms with van der Waals surface area (Å²) >= 11 is 0. The molecule has 3 rings (SSSR count). The molecule has 1 amide bonds. The lowest BCUT2D eigenvalue weighted by Gasteiger charge is -2.11. The molecule has 0 radical (unpaired) electrons. The Balaban J connectivity index is 1.76. The molecule has 0 saturated carbocycles. The molecule has 1 heterocycles. The van der Waals surface area contributed by atoms with Gasteiger partial charge < -0.3 is 20.1 Å². The molecule has 0 saturated heterocycles. The average Bonchev–Trinajstić information content (AvgIpc) is 2.74. The van der Waals surface area contributed by atoms with Crippen molar-refractivity contribution in [2.45, 2.75) is 6.92 Å². The number of Topliss-reactive ketones (excluding diaryl/α,β-unsaturated/α-hetero) is 1. The summed E-state index contributed by atoms with van der Waals surface area (Å²) in [7, 11) is 3.13. The molecule has 7 heteroatoms. The number of carbonyl (C=O) groups is 2. The highest BCUT2D eigenvalue weighted by Gasteiger charge is 2.10. The van der Waals surface area contributed by atoms with Crippen LogP contribution < -0.4 is 20.1 Å². The van der Waals surface area contributed by atoms with Gasteiger partial charge in [0.1, 0.15) is 5.82 Å². The molecule has 0 spiro atoms. The third-order valence-corrected chi connectivity index (χ3v) is 4.21. The van der Waals surface area contributed by atoms with E-state index in [1.54, 1.807) is 68.9 Å². The van der Waals surface area contributed by atoms with Gasteiger partial charge in [0.2, 0.25) is 0 Å². The minimum Gasteiger partial charge on any atom is -0.493 e. The zero-order chi connectivity index (χ0) is 20.8. The van der Waals surface area contributed by atoms with E-state index in [4.69, 9.17) is 9.47 Å². The third-order valence-electron chi connectivity index (χ3n) is 4.21. The Morgan fingerprint density at radius 3 is 2.38 bits per heavy atom. The Hall–Kier alpha value is -3.87. The van der Waals surface area contributed by atoms with Gasteiger partial charge in [0, 0.05) is 34.8 Å². The van der Waals surface area contributed by atoms with Gasteiger partial charge in [-0.1, -0.05) is 12.1 Å². The third kappa shape index (κ3) is 4.90. The van der Waals surface area contributed by atoms with Gasteiger partial charge in [-0.05, 0) is 43.3 Å². The number of ketones is 1. The van der Waals surface area contributed by atoms with Gasteiger partial charge in [-0.15, -0.1) is 0 Å². The van der Waals surface area contributed by atoms with Crippen molar-refractivity contribution in [2.24, 2.45) is 0 Å². The molecule has 0 bridgehead atoms. The molecular weight excluding hydrogens is 370 g/mol. The zero-order valence-electron chi connectivity index (χ0n) is 16.4. The minimum absolute atomic E-state index is 0.0635. The van der Waals surface area contributed by atoms with Crippen LogP contribution in [0.1, 0.15) is 27.6 Å². The van der Waals surface area contributed by atoms with Crippen molar-refractivity contribution in [3.05, 3.63) is 71.9 Å². The fraction of sp³-hybridized carbons (Fsp3) is 0.136. The Bertz CT molecular complexity index is 1050. The average molecular weight is 391 g/mol. The number of aromatic nitrogens is 1. The standard InChI is InChI=1S/C22H21N3O4/c1-14(26)15-5-4-6-17(11-15)25-22(27)16-9-10-23-21(12-16)24-18-7-8-19(28-2)20(13-18)29-3/h4-13H,1-3H3,(H,23,24)(H,25,27). The van der Waals surface area contributed by atoms with Crippen LogP contribution in [0.4, 0.5) is 17.2 Å². The van der Waals surface area contributed by atoms with Crippen molar-refractivity contribution in [3.63, 3.8) is 0 Å². The van der Waals surface area contributed by atoms with Crippen LogP contribution in [-0.4, -0.2) is 30.9 Å². The monoisotopic (exact) mass is 391 g/mol. The fourth-order valence-electron chi connectivity index (χ4n) is 2.72. The highest BCUT2D eigenvalue weighted by atomic mass is 16.5. The first-order valence-corrected chi connectivity index (χ1v) is 8.87. The molecule has 0 atom stereocenters. The van der Waals surface area contributed by atoms with Crippen LogP contribution in [0.15, 0.2) is 60.8 Å². The first kappa shape index (κ1) is 19.9. The molecule has 7 nitrogen and oxygen atoms in total. The molecule has 1 aromatic heterocycles. The summed E-state index contributed by atoms with van der Waals surface area (Å²) in [6, 6.07) is 15.4. The number of anilines is 3. The second-order valence-corrected chi connectivity index (χ2v) is 6.22. The van der Waals surface area contributed by atoms with Gasteiger partial charge in [-0.3, -0.25) is 9.59 Å². The Labute approximate surface area is 168 Å². The van der Waals surface area contributed by atoms with Crippen LogP contribution in [0, 0.1) is 0 Å². The summed E-state index contributed by atoms with van der Waals surface area (Å²) in [5, 5.41) is 5.94. The van der Waals surface area contributed by atoms with E-state index in [1.165, 1.54) is 6.92 Å². The van der Waals surface area contributed by atoms with Crippen molar-refractivity contribution in [2.75, 3.05) is 24.9 Å². The molecule has 148 valence electrons.